The summed E-state index contributed by atoms with van der Waals surface area (Å²) in [6, 6.07) is 8.96. The summed E-state index contributed by atoms with van der Waals surface area (Å²) in [7, 11) is 0. The minimum absolute atomic E-state index is 0.0429. The molecule has 0 unspecified atom stereocenters. The Bertz CT molecular complexity index is 446. The first-order chi connectivity index (χ1) is 9.41. The summed E-state index contributed by atoms with van der Waals surface area (Å²) in [6.45, 7) is 5.56. The van der Waals surface area contributed by atoms with Crippen LogP contribution in [-0.4, -0.2) is 24.4 Å². The second-order valence-corrected chi connectivity index (χ2v) is 5.19. The van der Waals surface area contributed by atoms with Crippen LogP contribution in [0.4, 0.5) is 0 Å². The van der Waals surface area contributed by atoms with E-state index in [1.165, 1.54) is 0 Å². The Hall–Kier alpha value is -1.88. The zero-order chi connectivity index (χ0) is 15.1. The van der Waals surface area contributed by atoms with Gasteiger partial charge < -0.3 is 16.4 Å². The summed E-state index contributed by atoms with van der Waals surface area (Å²) in [5.74, 6) is -0.491. The molecule has 0 fully saturated rings. The summed E-state index contributed by atoms with van der Waals surface area (Å²) in [4.78, 5) is 23.4. The lowest BCUT2D eigenvalue weighted by Gasteiger charge is -2.17. The van der Waals surface area contributed by atoms with Crippen molar-refractivity contribution in [2.45, 2.75) is 32.9 Å². The predicted octanol–water partition coefficient (Wildman–Crippen LogP) is 0.963. The second-order valence-electron chi connectivity index (χ2n) is 5.19. The van der Waals surface area contributed by atoms with E-state index in [0.717, 1.165) is 5.56 Å². The van der Waals surface area contributed by atoms with Crippen LogP contribution in [0.1, 0.15) is 32.4 Å². The number of nitrogens with one attached hydrogen (secondary N) is 2. The number of hydrogen-bond acceptors (Lipinski definition) is 3. The molecule has 0 bridgehead atoms. The third kappa shape index (κ3) is 5.01. The van der Waals surface area contributed by atoms with E-state index in [1.54, 1.807) is 0 Å². The van der Waals surface area contributed by atoms with Gasteiger partial charge in [0.15, 0.2) is 0 Å². The fraction of sp³-hybridized carbons (Fsp3) is 0.467. The van der Waals surface area contributed by atoms with Gasteiger partial charge in [-0.25, -0.2) is 0 Å². The molecule has 5 heteroatoms. The maximum absolute atomic E-state index is 11.8. The number of hydrogen-bond donors (Lipinski definition) is 3. The smallest absolute Gasteiger partial charge is 0.239 e. The van der Waals surface area contributed by atoms with E-state index >= 15 is 0 Å². The van der Waals surface area contributed by atoms with Crippen molar-refractivity contribution < 1.29 is 9.59 Å². The van der Waals surface area contributed by atoms with Crippen molar-refractivity contribution in [3.05, 3.63) is 35.9 Å². The number of carbonyl (C=O) groups is 2. The van der Waals surface area contributed by atoms with Gasteiger partial charge in [0.25, 0.3) is 0 Å². The standard InChI is InChI=1S/C15H23N3O2/c1-10(2)14(16)15(20)17-9-13(19)18-11(3)12-7-5-4-6-8-12/h4-8,10-11,14H,9,16H2,1-3H3,(H,17,20)(H,18,19)/t11-,14-/m0/s1. The molecule has 20 heavy (non-hydrogen) atoms. The van der Waals surface area contributed by atoms with Gasteiger partial charge in [-0.3, -0.25) is 9.59 Å². The number of nitrogens with two attached hydrogens (primary N) is 1. The Labute approximate surface area is 119 Å². The van der Waals surface area contributed by atoms with Gasteiger partial charge in [-0.2, -0.15) is 0 Å². The highest BCUT2D eigenvalue weighted by Gasteiger charge is 2.18. The molecule has 1 aromatic carbocycles. The zero-order valence-electron chi connectivity index (χ0n) is 12.2. The van der Waals surface area contributed by atoms with Crippen molar-refractivity contribution in [2.24, 2.45) is 11.7 Å². The number of amides is 2. The molecule has 110 valence electrons. The number of rotatable bonds is 6. The van der Waals surface area contributed by atoms with E-state index in [2.05, 4.69) is 10.6 Å². The van der Waals surface area contributed by atoms with Crippen LogP contribution in [0, 0.1) is 5.92 Å². The van der Waals surface area contributed by atoms with Crippen molar-refractivity contribution in [3.8, 4) is 0 Å². The maximum Gasteiger partial charge on any atom is 0.239 e. The molecule has 2 amide bonds. The van der Waals surface area contributed by atoms with E-state index in [1.807, 2.05) is 51.1 Å². The lowest BCUT2D eigenvalue weighted by Crippen LogP contribution is -2.47. The van der Waals surface area contributed by atoms with Crippen LogP contribution in [0.15, 0.2) is 30.3 Å². The zero-order valence-corrected chi connectivity index (χ0v) is 12.2. The predicted molar refractivity (Wildman–Crippen MR) is 78.8 cm³/mol. The molecule has 0 saturated heterocycles. The molecule has 0 saturated carbocycles. The van der Waals surface area contributed by atoms with Gasteiger partial charge in [0.2, 0.25) is 11.8 Å². The molecule has 5 nitrogen and oxygen atoms in total. The van der Waals surface area contributed by atoms with E-state index < -0.39 is 6.04 Å². The monoisotopic (exact) mass is 277 g/mol. The van der Waals surface area contributed by atoms with Crippen LogP contribution < -0.4 is 16.4 Å². The Morgan fingerprint density at radius 1 is 1.15 bits per heavy atom. The molecule has 1 rings (SSSR count). The molecule has 0 heterocycles. The third-order valence-electron chi connectivity index (χ3n) is 3.12. The summed E-state index contributed by atoms with van der Waals surface area (Å²) in [5.41, 5.74) is 6.71. The lowest BCUT2D eigenvalue weighted by atomic mass is 10.1. The van der Waals surface area contributed by atoms with Gasteiger partial charge in [-0.15, -0.1) is 0 Å². The highest BCUT2D eigenvalue weighted by Crippen LogP contribution is 2.10. The Balaban J connectivity index is 2.39. The van der Waals surface area contributed by atoms with Crippen molar-refractivity contribution in [1.82, 2.24) is 10.6 Å². The van der Waals surface area contributed by atoms with Gasteiger partial charge in [0.1, 0.15) is 0 Å². The van der Waals surface area contributed by atoms with E-state index in [9.17, 15) is 9.59 Å². The molecular weight excluding hydrogens is 254 g/mol. The minimum Gasteiger partial charge on any atom is -0.348 e. The van der Waals surface area contributed by atoms with Gasteiger partial charge in [0.05, 0.1) is 18.6 Å². The molecule has 2 atom stereocenters. The molecule has 0 aromatic heterocycles. The highest BCUT2D eigenvalue weighted by molar-refractivity contribution is 5.87. The number of carbonyl (C=O) groups excluding carboxylic acids is 2. The summed E-state index contributed by atoms with van der Waals surface area (Å²) >= 11 is 0. The Morgan fingerprint density at radius 3 is 2.30 bits per heavy atom. The fourth-order valence-electron chi connectivity index (χ4n) is 1.71. The molecule has 1 aromatic rings. The van der Waals surface area contributed by atoms with Crippen LogP contribution in [0.3, 0.4) is 0 Å². The van der Waals surface area contributed by atoms with Crippen LogP contribution in [0.25, 0.3) is 0 Å². The minimum atomic E-state index is -0.589. The molecule has 0 radical (unpaired) electrons. The molecule has 0 aliphatic carbocycles. The van der Waals surface area contributed by atoms with Crippen molar-refractivity contribution >= 4 is 11.8 Å². The molecule has 0 spiro atoms. The largest absolute Gasteiger partial charge is 0.348 e. The second kappa shape index (κ2) is 7.65. The third-order valence-corrected chi connectivity index (χ3v) is 3.12. The van der Waals surface area contributed by atoms with E-state index in [0.29, 0.717) is 0 Å². The van der Waals surface area contributed by atoms with Crippen LogP contribution in [0.2, 0.25) is 0 Å². The summed E-state index contributed by atoms with van der Waals surface area (Å²) in [5, 5.41) is 5.37. The van der Waals surface area contributed by atoms with Gasteiger partial charge in [-0.1, -0.05) is 44.2 Å². The average Bonchev–Trinajstić information content (AvgIpc) is 2.44. The first-order valence-electron chi connectivity index (χ1n) is 6.79. The molecule has 4 N–H and O–H groups in total. The van der Waals surface area contributed by atoms with Crippen LogP contribution >= 0.6 is 0 Å². The van der Waals surface area contributed by atoms with Crippen molar-refractivity contribution in [2.75, 3.05) is 6.54 Å². The van der Waals surface area contributed by atoms with Crippen LogP contribution in [0.5, 0.6) is 0 Å². The Morgan fingerprint density at radius 2 is 1.75 bits per heavy atom. The summed E-state index contributed by atoms with van der Waals surface area (Å²) in [6.07, 6.45) is 0. The van der Waals surface area contributed by atoms with Crippen LogP contribution in [-0.2, 0) is 9.59 Å². The first-order valence-corrected chi connectivity index (χ1v) is 6.79. The average molecular weight is 277 g/mol. The van der Waals surface area contributed by atoms with E-state index in [4.69, 9.17) is 5.73 Å². The maximum atomic E-state index is 11.8. The lowest BCUT2D eigenvalue weighted by molar-refractivity contribution is -0.127. The van der Waals surface area contributed by atoms with Gasteiger partial charge in [-0.05, 0) is 18.4 Å². The fourth-order valence-corrected chi connectivity index (χ4v) is 1.71. The summed E-state index contributed by atoms with van der Waals surface area (Å²) < 4.78 is 0. The van der Waals surface area contributed by atoms with E-state index in [-0.39, 0.29) is 30.3 Å². The quantitative estimate of drug-likeness (QED) is 0.724. The molecule has 0 aliphatic heterocycles. The topological polar surface area (TPSA) is 84.2 Å². The van der Waals surface area contributed by atoms with Gasteiger partial charge >= 0.3 is 0 Å². The highest BCUT2D eigenvalue weighted by atomic mass is 16.2. The SMILES string of the molecule is CC(C)[C@H](N)C(=O)NCC(=O)N[C@@H](C)c1ccccc1. The Kier molecular flexibility index (Phi) is 6.18. The van der Waals surface area contributed by atoms with Crippen molar-refractivity contribution in [3.63, 3.8) is 0 Å². The normalized spacial score (nSPS) is 13.7. The van der Waals surface area contributed by atoms with Gasteiger partial charge in [0, 0.05) is 0 Å². The first kappa shape index (κ1) is 16.2. The molecular formula is C15H23N3O2. The van der Waals surface area contributed by atoms with Crippen molar-refractivity contribution in [1.29, 1.82) is 0 Å². The molecule has 0 aliphatic rings. The number of benzene rings is 1.